The third kappa shape index (κ3) is 4.89. The van der Waals surface area contributed by atoms with Gasteiger partial charge in [-0.25, -0.2) is 0 Å². The molecule has 3 aromatic rings. The zero-order chi connectivity index (χ0) is 19.2. The van der Waals surface area contributed by atoms with Crippen LogP contribution in [0.2, 0.25) is 5.02 Å². The van der Waals surface area contributed by atoms with E-state index in [4.69, 9.17) is 11.6 Å². The Kier molecular flexibility index (Phi) is 5.87. The lowest BCUT2D eigenvalue weighted by atomic mass is 10.1. The molecule has 6 nitrogen and oxygen atoms in total. The second-order valence-electron chi connectivity index (χ2n) is 6.83. The molecule has 0 radical (unpaired) electrons. The van der Waals surface area contributed by atoms with Crippen LogP contribution in [0.25, 0.3) is 0 Å². The van der Waals surface area contributed by atoms with Crippen LogP contribution in [0.15, 0.2) is 54.7 Å². The van der Waals surface area contributed by atoms with E-state index in [0.717, 1.165) is 36.8 Å². The quantitative estimate of drug-likeness (QED) is 0.614. The first-order valence-corrected chi connectivity index (χ1v) is 9.94. The average molecular weight is 395 g/mol. The van der Waals surface area contributed by atoms with E-state index in [1.807, 2.05) is 24.3 Å². The molecule has 28 heavy (non-hydrogen) atoms. The summed E-state index contributed by atoms with van der Waals surface area (Å²) in [6.07, 6.45) is 5.06. The summed E-state index contributed by atoms with van der Waals surface area (Å²) in [7, 11) is 0. The molecule has 144 valence electrons. The Hall–Kier alpha value is -2.86. The highest BCUT2D eigenvalue weighted by atomic mass is 35.5. The number of hydrogen-bond acceptors (Lipinski definition) is 6. The molecule has 0 unspecified atom stereocenters. The Morgan fingerprint density at radius 1 is 0.964 bits per heavy atom. The van der Waals surface area contributed by atoms with E-state index in [1.54, 1.807) is 6.20 Å². The molecular formula is C21H23ClN6. The summed E-state index contributed by atoms with van der Waals surface area (Å²) in [5.74, 6) is 1.17. The molecule has 0 atom stereocenters. The normalized spacial score (nSPS) is 13.5. The lowest BCUT2D eigenvalue weighted by Gasteiger charge is -2.17. The number of anilines is 4. The number of nitrogens with one attached hydrogen (secondary N) is 2. The van der Waals surface area contributed by atoms with Crippen LogP contribution >= 0.6 is 11.6 Å². The van der Waals surface area contributed by atoms with Crippen molar-refractivity contribution in [1.82, 2.24) is 15.2 Å². The predicted molar refractivity (Wildman–Crippen MR) is 115 cm³/mol. The van der Waals surface area contributed by atoms with Crippen molar-refractivity contribution >= 4 is 34.7 Å². The third-order valence-corrected chi connectivity index (χ3v) is 5.04. The number of benzene rings is 2. The highest BCUT2D eigenvalue weighted by Crippen LogP contribution is 2.23. The molecule has 2 aromatic carbocycles. The van der Waals surface area contributed by atoms with Gasteiger partial charge < -0.3 is 15.5 Å². The number of nitrogens with zero attached hydrogens (tertiary/aromatic N) is 4. The minimum absolute atomic E-state index is 0.477. The van der Waals surface area contributed by atoms with Gasteiger partial charge in [-0.05, 0) is 61.2 Å². The average Bonchev–Trinajstić information content (AvgIpc) is 3.25. The highest BCUT2D eigenvalue weighted by molar-refractivity contribution is 6.30. The smallest absolute Gasteiger partial charge is 0.249 e. The van der Waals surface area contributed by atoms with Crippen LogP contribution in [0, 0.1) is 0 Å². The summed E-state index contributed by atoms with van der Waals surface area (Å²) >= 11 is 5.92. The fourth-order valence-corrected chi connectivity index (χ4v) is 3.41. The van der Waals surface area contributed by atoms with Crippen molar-refractivity contribution in [2.45, 2.75) is 19.3 Å². The Morgan fingerprint density at radius 2 is 1.71 bits per heavy atom. The maximum absolute atomic E-state index is 5.92. The zero-order valence-corrected chi connectivity index (χ0v) is 16.4. The molecule has 1 aliphatic rings. The number of aromatic nitrogens is 3. The molecule has 7 heteroatoms. The molecule has 1 aliphatic heterocycles. The second-order valence-corrected chi connectivity index (χ2v) is 7.27. The highest BCUT2D eigenvalue weighted by Gasteiger charge is 2.12. The van der Waals surface area contributed by atoms with Crippen molar-refractivity contribution in [3.63, 3.8) is 0 Å². The fraction of sp³-hybridized carbons (Fsp3) is 0.286. The van der Waals surface area contributed by atoms with Gasteiger partial charge in [0.15, 0.2) is 5.82 Å². The lowest BCUT2D eigenvalue weighted by Crippen LogP contribution is -2.17. The Labute approximate surface area is 170 Å². The topological polar surface area (TPSA) is 66.0 Å². The van der Waals surface area contributed by atoms with Crippen LogP contribution in [0.1, 0.15) is 18.4 Å². The van der Waals surface area contributed by atoms with Gasteiger partial charge in [0.2, 0.25) is 5.95 Å². The van der Waals surface area contributed by atoms with Crippen molar-refractivity contribution in [3.05, 3.63) is 65.3 Å². The fourth-order valence-electron chi connectivity index (χ4n) is 3.29. The minimum atomic E-state index is 0.477. The van der Waals surface area contributed by atoms with E-state index in [2.05, 4.69) is 55.0 Å². The van der Waals surface area contributed by atoms with E-state index >= 15 is 0 Å². The standard InChI is InChI=1S/C21H23ClN6/c22-17-5-3-16(4-6-17)11-12-23-20-15-24-27-21(26-20)25-18-7-9-19(10-8-18)28-13-1-2-14-28/h3-10,15H,1-2,11-14H2,(H2,23,25,26,27). The third-order valence-electron chi connectivity index (χ3n) is 4.79. The second kappa shape index (κ2) is 8.89. The number of hydrogen-bond donors (Lipinski definition) is 2. The van der Waals surface area contributed by atoms with E-state index in [1.165, 1.54) is 24.1 Å². The van der Waals surface area contributed by atoms with Gasteiger partial charge in [-0.3, -0.25) is 0 Å². The molecule has 0 aliphatic carbocycles. The molecule has 1 saturated heterocycles. The van der Waals surface area contributed by atoms with Crippen LogP contribution in [0.3, 0.4) is 0 Å². The molecule has 0 saturated carbocycles. The molecule has 0 spiro atoms. The zero-order valence-electron chi connectivity index (χ0n) is 15.6. The van der Waals surface area contributed by atoms with Gasteiger partial charge in [0, 0.05) is 36.0 Å². The molecule has 2 heterocycles. The summed E-state index contributed by atoms with van der Waals surface area (Å²) in [6, 6.07) is 16.2. The largest absolute Gasteiger partial charge is 0.372 e. The first kappa shape index (κ1) is 18.5. The molecule has 1 fully saturated rings. The first-order chi connectivity index (χ1) is 13.8. The van der Waals surface area contributed by atoms with Crippen molar-refractivity contribution in [1.29, 1.82) is 0 Å². The maximum atomic E-state index is 5.92. The van der Waals surface area contributed by atoms with Gasteiger partial charge in [-0.2, -0.15) is 10.1 Å². The maximum Gasteiger partial charge on any atom is 0.249 e. The Balaban J connectivity index is 1.32. The van der Waals surface area contributed by atoms with Gasteiger partial charge in [0.05, 0.1) is 6.20 Å². The SMILES string of the molecule is Clc1ccc(CCNc2cnnc(Nc3ccc(N4CCCC4)cc3)n2)cc1. The molecule has 0 amide bonds. The van der Waals surface area contributed by atoms with E-state index in [9.17, 15) is 0 Å². The molecule has 1 aromatic heterocycles. The summed E-state index contributed by atoms with van der Waals surface area (Å²) in [5.41, 5.74) is 3.43. The predicted octanol–water partition coefficient (Wildman–Crippen LogP) is 4.52. The van der Waals surface area contributed by atoms with Gasteiger partial charge in [-0.15, -0.1) is 5.10 Å². The van der Waals surface area contributed by atoms with E-state index in [0.29, 0.717) is 11.8 Å². The minimum Gasteiger partial charge on any atom is -0.372 e. The Morgan fingerprint density at radius 3 is 2.46 bits per heavy atom. The van der Waals surface area contributed by atoms with Crippen molar-refractivity contribution in [2.75, 3.05) is 35.2 Å². The van der Waals surface area contributed by atoms with Crippen molar-refractivity contribution < 1.29 is 0 Å². The number of rotatable bonds is 7. The Bertz CT molecular complexity index is 892. The monoisotopic (exact) mass is 394 g/mol. The van der Waals surface area contributed by atoms with Crippen LogP contribution in [0.5, 0.6) is 0 Å². The molecule has 0 bridgehead atoms. The summed E-state index contributed by atoms with van der Waals surface area (Å²) in [5, 5.41) is 15.4. The van der Waals surface area contributed by atoms with Gasteiger partial charge >= 0.3 is 0 Å². The first-order valence-electron chi connectivity index (χ1n) is 9.56. The molecular weight excluding hydrogens is 372 g/mol. The van der Waals surface area contributed by atoms with Crippen LogP contribution in [-0.2, 0) is 6.42 Å². The summed E-state index contributed by atoms with van der Waals surface area (Å²) in [4.78, 5) is 6.90. The van der Waals surface area contributed by atoms with Gasteiger partial charge in [0.25, 0.3) is 0 Å². The summed E-state index contributed by atoms with van der Waals surface area (Å²) in [6.45, 7) is 3.04. The van der Waals surface area contributed by atoms with E-state index in [-0.39, 0.29) is 0 Å². The van der Waals surface area contributed by atoms with Crippen molar-refractivity contribution in [3.8, 4) is 0 Å². The van der Waals surface area contributed by atoms with Gasteiger partial charge in [-0.1, -0.05) is 23.7 Å². The van der Waals surface area contributed by atoms with Crippen LogP contribution in [-0.4, -0.2) is 34.8 Å². The van der Waals surface area contributed by atoms with Gasteiger partial charge in [0.1, 0.15) is 0 Å². The molecule has 2 N–H and O–H groups in total. The summed E-state index contributed by atoms with van der Waals surface area (Å²) < 4.78 is 0. The number of halogens is 1. The van der Waals surface area contributed by atoms with Crippen LogP contribution < -0.4 is 15.5 Å². The van der Waals surface area contributed by atoms with E-state index < -0.39 is 0 Å². The molecule has 4 rings (SSSR count). The van der Waals surface area contributed by atoms with Crippen molar-refractivity contribution in [2.24, 2.45) is 0 Å². The van der Waals surface area contributed by atoms with Crippen LogP contribution in [0.4, 0.5) is 23.1 Å². The lowest BCUT2D eigenvalue weighted by molar-refractivity contribution is 0.949.